The fraction of sp³-hybridized carbons (Fsp3) is 0.182. The third kappa shape index (κ3) is 5.09. The molecule has 0 unspecified atom stereocenters. The van der Waals surface area contributed by atoms with Crippen LogP contribution in [0, 0.1) is 18.7 Å². The Kier molecular flexibility index (Phi) is 6.73. The van der Waals surface area contributed by atoms with E-state index in [0.29, 0.717) is 29.2 Å². The number of aryl methyl sites for hydroxylation is 1. The first-order valence-electron chi connectivity index (χ1n) is 12.9. The Morgan fingerprint density at radius 3 is 2.61 bits per heavy atom. The molecule has 0 saturated carbocycles. The topological polar surface area (TPSA) is 33.6 Å². The molecule has 0 fully saturated rings. The van der Waals surface area contributed by atoms with E-state index in [-0.39, 0.29) is 11.9 Å². The number of aliphatic imine (C=N–C) groups is 1. The monoisotopic (exact) mass is 522 g/mol. The van der Waals surface area contributed by atoms with E-state index in [1.165, 1.54) is 34.5 Å². The smallest absolute Gasteiger partial charge is 0.138 e. The van der Waals surface area contributed by atoms with Gasteiger partial charge in [0.15, 0.2) is 0 Å². The second-order valence-electron chi connectivity index (χ2n) is 10.0. The molecule has 3 atom stereocenters. The maximum absolute atomic E-state index is 13.1. The molecule has 1 heterocycles. The van der Waals surface area contributed by atoms with Gasteiger partial charge in [0, 0.05) is 17.8 Å². The molecule has 1 aliphatic carbocycles. The van der Waals surface area contributed by atoms with Gasteiger partial charge in [-0.15, -0.1) is 0 Å². The molecular weight excluding hydrogens is 495 g/mol. The summed E-state index contributed by atoms with van der Waals surface area (Å²) in [5, 5.41) is 4.31. The zero-order valence-electron chi connectivity index (χ0n) is 21.1. The average molecular weight is 523 g/mol. The Bertz CT molecular complexity index is 1510. The van der Waals surface area contributed by atoms with E-state index in [1.807, 2.05) is 18.2 Å². The minimum Gasteiger partial charge on any atom is -0.487 e. The predicted octanol–water partition coefficient (Wildman–Crippen LogP) is 8.94. The van der Waals surface area contributed by atoms with Crippen LogP contribution in [0.15, 0.2) is 102 Å². The molecule has 1 N–H and O–H groups in total. The Morgan fingerprint density at radius 1 is 1.00 bits per heavy atom. The summed E-state index contributed by atoms with van der Waals surface area (Å²) in [6.07, 6.45) is 7.59. The molecule has 4 aromatic carbocycles. The summed E-state index contributed by atoms with van der Waals surface area (Å²) < 4.78 is 18.9. The number of halogens is 2. The molecule has 0 spiro atoms. The van der Waals surface area contributed by atoms with Crippen LogP contribution < -0.4 is 10.1 Å². The largest absolute Gasteiger partial charge is 0.487 e. The number of allylic oxidation sites excluding steroid dienone is 2. The van der Waals surface area contributed by atoms with Crippen molar-refractivity contribution >= 4 is 29.2 Å². The lowest BCUT2D eigenvalue weighted by Gasteiger charge is -2.37. The third-order valence-electron chi connectivity index (χ3n) is 7.40. The SMILES string of the molecule is Cc1ccc2c(c1)[C@@H]1C=CC[C@@H]1[C@@H](c1ccc(N=Cc3ccc(OCc4ccc(F)cc4)c(Cl)c3)cc1)N2. The Hall–Kier alpha value is -3.89. The molecule has 0 radical (unpaired) electrons. The quantitative estimate of drug-likeness (QED) is 0.202. The number of hydrogen-bond acceptors (Lipinski definition) is 3. The Labute approximate surface area is 227 Å². The maximum Gasteiger partial charge on any atom is 0.138 e. The van der Waals surface area contributed by atoms with Gasteiger partial charge in [-0.1, -0.05) is 65.7 Å². The van der Waals surface area contributed by atoms with E-state index in [4.69, 9.17) is 16.3 Å². The maximum atomic E-state index is 13.1. The minimum atomic E-state index is -0.267. The van der Waals surface area contributed by atoms with Crippen LogP contribution in [0.5, 0.6) is 5.75 Å². The molecule has 5 heteroatoms. The van der Waals surface area contributed by atoms with E-state index in [0.717, 1.165) is 23.2 Å². The van der Waals surface area contributed by atoms with Crippen LogP contribution in [0.2, 0.25) is 5.02 Å². The summed E-state index contributed by atoms with van der Waals surface area (Å²) in [5.41, 5.74) is 7.87. The number of hydrogen-bond donors (Lipinski definition) is 1. The molecule has 3 nitrogen and oxygen atoms in total. The van der Waals surface area contributed by atoms with E-state index < -0.39 is 0 Å². The van der Waals surface area contributed by atoms with Crippen molar-refractivity contribution in [2.75, 3.05) is 5.32 Å². The molecule has 190 valence electrons. The van der Waals surface area contributed by atoms with Gasteiger partial charge in [0.1, 0.15) is 18.2 Å². The fourth-order valence-electron chi connectivity index (χ4n) is 5.42. The first-order valence-corrected chi connectivity index (χ1v) is 13.3. The van der Waals surface area contributed by atoms with Crippen molar-refractivity contribution in [3.8, 4) is 5.75 Å². The van der Waals surface area contributed by atoms with Crippen LogP contribution in [0.1, 0.15) is 46.2 Å². The molecule has 2 aliphatic rings. The second kappa shape index (κ2) is 10.5. The molecule has 0 bridgehead atoms. The molecule has 1 aliphatic heterocycles. The standard InChI is InChI=1S/C33H28ClFN2O/c1-21-5-15-31-29(17-21)27-3-2-4-28(27)33(37-31)24-9-13-26(14-10-24)36-19-23-8-16-32(30(34)18-23)38-20-22-6-11-25(35)12-7-22/h2-3,5-19,27-28,33,37H,4,20H2,1H3/t27-,28+,33-/m1/s1. The summed E-state index contributed by atoms with van der Waals surface area (Å²) in [6, 6.07) is 27.3. The van der Waals surface area contributed by atoms with Crippen LogP contribution in [0.25, 0.3) is 0 Å². The van der Waals surface area contributed by atoms with Crippen molar-refractivity contribution in [3.63, 3.8) is 0 Å². The Morgan fingerprint density at radius 2 is 1.82 bits per heavy atom. The predicted molar refractivity (Wildman–Crippen MR) is 153 cm³/mol. The summed E-state index contributed by atoms with van der Waals surface area (Å²) in [6.45, 7) is 2.48. The number of nitrogens with one attached hydrogen (secondary N) is 1. The molecule has 38 heavy (non-hydrogen) atoms. The molecular formula is C33H28ClFN2O. The van der Waals surface area contributed by atoms with E-state index in [2.05, 4.69) is 71.8 Å². The number of nitrogens with zero attached hydrogens (tertiary/aromatic N) is 1. The zero-order valence-corrected chi connectivity index (χ0v) is 21.8. The summed E-state index contributed by atoms with van der Waals surface area (Å²) >= 11 is 6.44. The second-order valence-corrected chi connectivity index (χ2v) is 10.4. The van der Waals surface area contributed by atoms with Gasteiger partial charge in [-0.2, -0.15) is 0 Å². The summed E-state index contributed by atoms with van der Waals surface area (Å²) in [4.78, 5) is 4.65. The lowest BCUT2D eigenvalue weighted by Crippen LogP contribution is -2.29. The summed E-state index contributed by atoms with van der Waals surface area (Å²) in [5.74, 6) is 1.29. The molecule has 0 aromatic heterocycles. The van der Waals surface area contributed by atoms with Crippen molar-refractivity contribution < 1.29 is 9.13 Å². The van der Waals surface area contributed by atoms with Gasteiger partial charge < -0.3 is 10.1 Å². The van der Waals surface area contributed by atoms with Gasteiger partial charge >= 0.3 is 0 Å². The molecule has 4 aromatic rings. The fourth-order valence-corrected chi connectivity index (χ4v) is 5.66. The highest BCUT2D eigenvalue weighted by Crippen LogP contribution is 2.50. The highest BCUT2D eigenvalue weighted by atomic mass is 35.5. The van der Waals surface area contributed by atoms with Crippen LogP contribution in [0.4, 0.5) is 15.8 Å². The highest BCUT2D eigenvalue weighted by Gasteiger charge is 2.37. The van der Waals surface area contributed by atoms with E-state index in [1.54, 1.807) is 18.3 Å². The van der Waals surface area contributed by atoms with Crippen molar-refractivity contribution in [1.29, 1.82) is 0 Å². The normalized spacial score (nSPS) is 19.7. The zero-order chi connectivity index (χ0) is 26.1. The third-order valence-corrected chi connectivity index (χ3v) is 7.69. The van der Waals surface area contributed by atoms with Crippen molar-refractivity contribution in [2.45, 2.75) is 31.9 Å². The minimum absolute atomic E-state index is 0.267. The van der Waals surface area contributed by atoms with E-state index >= 15 is 0 Å². The number of anilines is 1. The number of ether oxygens (including phenoxy) is 1. The Balaban J connectivity index is 1.12. The van der Waals surface area contributed by atoms with Gasteiger partial charge in [-0.25, -0.2) is 4.39 Å². The van der Waals surface area contributed by atoms with Crippen LogP contribution in [0.3, 0.4) is 0 Å². The van der Waals surface area contributed by atoms with Crippen LogP contribution in [-0.4, -0.2) is 6.21 Å². The lowest BCUT2D eigenvalue weighted by molar-refractivity contribution is 0.306. The molecule has 6 rings (SSSR count). The average Bonchev–Trinajstić information content (AvgIpc) is 3.43. The van der Waals surface area contributed by atoms with Gasteiger partial charge in [0.2, 0.25) is 0 Å². The van der Waals surface area contributed by atoms with Gasteiger partial charge in [0.05, 0.1) is 16.8 Å². The first-order chi connectivity index (χ1) is 18.5. The van der Waals surface area contributed by atoms with Gasteiger partial charge in [0.25, 0.3) is 0 Å². The van der Waals surface area contributed by atoms with E-state index in [9.17, 15) is 4.39 Å². The van der Waals surface area contributed by atoms with Crippen LogP contribution >= 0.6 is 11.6 Å². The van der Waals surface area contributed by atoms with Gasteiger partial charge in [-0.3, -0.25) is 4.99 Å². The van der Waals surface area contributed by atoms with Gasteiger partial charge in [-0.05, 0) is 90.0 Å². The number of fused-ring (bicyclic) bond motifs is 3. The highest BCUT2D eigenvalue weighted by molar-refractivity contribution is 6.32. The number of benzene rings is 4. The first kappa shape index (κ1) is 24.4. The van der Waals surface area contributed by atoms with Crippen molar-refractivity contribution in [3.05, 3.63) is 136 Å². The van der Waals surface area contributed by atoms with Crippen molar-refractivity contribution in [1.82, 2.24) is 0 Å². The lowest BCUT2D eigenvalue weighted by atomic mass is 9.76. The van der Waals surface area contributed by atoms with Crippen molar-refractivity contribution in [2.24, 2.45) is 10.9 Å². The van der Waals surface area contributed by atoms with Crippen LogP contribution in [-0.2, 0) is 6.61 Å². The molecule has 0 amide bonds. The molecule has 0 saturated heterocycles. The summed E-state index contributed by atoms with van der Waals surface area (Å²) in [7, 11) is 0. The number of rotatable bonds is 6.